The van der Waals surface area contributed by atoms with Gasteiger partial charge in [0.1, 0.15) is 6.04 Å². The molecule has 0 aliphatic heterocycles. The normalized spacial score (nSPS) is 13.2. The molecule has 0 aromatic heterocycles. The van der Waals surface area contributed by atoms with Crippen LogP contribution >= 0.6 is 0 Å². The Morgan fingerprint density at radius 3 is 2.12 bits per heavy atom. The van der Waals surface area contributed by atoms with E-state index in [1.54, 1.807) is 0 Å². The van der Waals surface area contributed by atoms with Gasteiger partial charge in [0.05, 0.1) is 5.54 Å². The number of nitrogens with one attached hydrogen (secondary N) is 1. The quantitative estimate of drug-likeness (QED) is 0.605. The lowest BCUT2D eigenvalue weighted by atomic mass is 9.92. The third-order valence-electron chi connectivity index (χ3n) is 2.89. The SMILES string of the molecule is CCC[C@H](NC(=O)C(N)(CC)CC)C(=O)O. The Hall–Kier alpha value is -1.10. The highest BCUT2D eigenvalue weighted by Crippen LogP contribution is 2.12. The van der Waals surface area contributed by atoms with E-state index in [4.69, 9.17) is 10.8 Å². The van der Waals surface area contributed by atoms with Gasteiger partial charge in [-0.25, -0.2) is 4.79 Å². The van der Waals surface area contributed by atoms with Gasteiger partial charge in [-0.3, -0.25) is 4.79 Å². The molecule has 1 amide bonds. The van der Waals surface area contributed by atoms with E-state index >= 15 is 0 Å². The summed E-state index contributed by atoms with van der Waals surface area (Å²) in [5, 5.41) is 11.4. The molecule has 0 bridgehead atoms. The molecule has 4 N–H and O–H groups in total. The van der Waals surface area contributed by atoms with Crippen molar-refractivity contribution in [3.8, 4) is 0 Å². The average Bonchev–Trinajstić information content (AvgIpc) is 2.26. The fourth-order valence-corrected chi connectivity index (χ4v) is 1.42. The molecule has 0 saturated carbocycles. The molecule has 0 spiro atoms. The van der Waals surface area contributed by atoms with Gasteiger partial charge in [0.2, 0.25) is 5.91 Å². The first-order chi connectivity index (χ1) is 7.41. The standard InChI is InChI=1S/C11H22N2O3/c1-4-7-8(9(14)15)13-10(16)11(12,5-2)6-3/h8H,4-7,12H2,1-3H3,(H,13,16)(H,14,15)/t8-/m0/s1. The summed E-state index contributed by atoms with van der Waals surface area (Å²) in [5.41, 5.74) is 4.92. The Bertz CT molecular complexity index is 250. The fourth-order valence-electron chi connectivity index (χ4n) is 1.42. The van der Waals surface area contributed by atoms with Crippen LogP contribution in [0.4, 0.5) is 0 Å². The second kappa shape index (κ2) is 6.48. The Balaban J connectivity index is 4.56. The Labute approximate surface area is 96.4 Å². The van der Waals surface area contributed by atoms with Crippen molar-refractivity contribution in [1.29, 1.82) is 0 Å². The summed E-state index contributed by atoms with van der Waals surface area (Å²) >= 11 is 0. The molecule has 0 fully saturated rings. The second-order valence-electron chi connectivity index (χ2n) is 4.02. The molecule has 0 radical (unpaired) electrons. The van der Waals surface area contributed by atoms with E-state index in [0.29, 0.717) is 25.7 Å². The first-order valence-electron chi connectivity index (χ1n) is 5.73. The van der Waals surface area contributed by atoms with Crippen LogP contribution in [0.2, 0.25) is 0 Å². The highest BCUT2D eigenvalue weighted by atomic mass is 16.4. The maximum Gasteiger partial charge on any atom is 0.326 e. The molecule has 0 aliphatic rings. The number of carboxylic acid groups (broad SMARTS) is 1. The molecule has 5 heteroatoms. The largest absolute Gasteiger partial charge is 0.480 e. The van der Waals surface area contributed by atoms with Crippen LogP contribution in [0.1, 0.15) is 46.5 Å². The van der Waals surface area contributed by atoms with Gasteiger partial charge in [-0.1, -0.05) is 27.2 Å². The summed E-state index contributed by atoms with van der Waals surface area (Å²) in [6.07, 6.45) is 2.11. The van der Waals surface area contributed by atoms with Crippen molar-refractivity contribution in [2.45, 2.75) is 58.0 Å². The third kappa shape index (κ3) is 3.81. The van der Waals surface area contributed by atoms with Crippen LogP contribution in [-0.4, -0.2) is 28.6 Å². The minimum absolute atomic E-state index is 0.377. The number of nitrogens with two attached hydrogens (primary N) is 1. The van der Waals surface area contributed by atoms with Crippen molar-refractivity contribution in [2.24, 2.45) is 5.73 Å². The van der Waals surface area contributed by atoms with Gasteiger partial charge in [-0.15, -0.1) is 0 Å². The molecular formula is C11H22N2O3. The molecule has 0 rings (SSSR count). The summed E-state index contributed by atoms with van der Waals surface area (Å²) in [4.78, 5) is 22.7. The van der Waals surface area contributed by atoms with Crippen molar-refractivity contribution in [3.63, 3.8) is 0 Å². The number of amides is 1. The van der Waals surface area contributed by atoms with E-state index in [1.165, 1.54) is 0 Å². The van der Waals surface area contributed by atoms with Crippen molar-refractivity contribution >= 4 is 11.9 Å². The van der Waals surface area contributed by atoms with Gasteiger partial charge >= 0.3 is 5.97 Å². The number of carboxylic acids is 1. The molecule has 1 atom stereocenters. The van der Waals surface area contributed by atoms with Crippen LogP contribution in [0, 0.1) is 0 Å². The van der Waals surface area contributed by atoms with E-state index in [-0.39, 0.29) is 5.91 Å². The smallest absolute Gasteiger partial charge is 0.326 e. The average molecular weight is 230 g/mol. The minimum atomic E-state index is -1.01. The second-order valence-corrected chi connectivity index (χ2v) is 4.02. The zero-order valence-corrected chi connectivity index (χ0v) is 10.2. The fraction of sp³-hybridized carbons (Fsp3) is 0.818. The van der Waals surface area contributed by atoms with Crippen LogP contribution in [0.3, 0.4) is 0 Å². The third-order valence-corrected chi connectivity index (χ3v) is 2.89. The van der Waals surface area contributed by atoms with Crippen LogP contribution in [0.15, 0.2) is 0 Å². The molecule has 5 nitrogen and oxygen atoms in total. The van der Waals surface area contributed by atoms with Crippen LogP contribution < -0.4 is 11.1 Å². The Morgan fingerprint density at radius 2 is 1.81 bits per heavy atom. The summed E-state index contributed by atoms with van der Waals surface area (Å²) in [6, 6.07) is -0.835. The number of rotatable bonds is 7. The van der Waals surface area contributed by atoms with Crippen molar-refractivity contribution in [3.05, 3.63) is 0 Å². The lowest BCUT2D eigenvalue weighted by Crippen LogP contribution is -2.56. The van der Waals surface area contributed by atoms with Crippen molar-refractivity contribution in [1.82, 2.24) is 5.32 Å². The van der Waals surface area contributed by atoms with E-state index in [2.05, 4.69) is 5.32 Å². The molecule has 0 saturated heterocycles. The monoisotopic (exact) mass is 230 g/mol. The van der Waals surface area contributed by atoms with Crippen molar-refractivity contribution in [2.75, 3.05) is 0 Å². The summed E-state index contributed by atoms with van der Waals surface area (Å²) in [6.45, 7) is 5.51. The number of hydrogen-bond acceptors (Lipinski definition) is 3. The molecule has 0 aliphatic carbocycles. The summed E-state index contributed by atoms with van der Waals surface area (Å²) < 4.78 is 0. The van der Waals surface area contributed by atoms with Gasteiger partial charge in [0, 0.05) is 0 Å². The van der Waals surface area contributed by atoms with Crippen molar-refractivity contribution < 1.29 is 14.7 Å². The zero-order valence-electron chi connectivity index (χ0n) is 10.2. The molecule has 0 unspecified atom stereocenters. The highest BCUT2D eigenvalue weighted by Gasteiger charge is 2.32. The molecule has 0 aromatic rings. The Morgan fingerprint density at radius 1 is 1.31 bits per heavy atom. The van der Waals surface area contributed by atoms with E-state index in [1.807, 2.05) is 20.8 Å². The zero-order chi connectivity index (χ0) is 12.8. The molecule has 16 heavy (non-hydrogen) atoms. The van der Waals surface area contributed by atoms with Gasteiger partial charge < -0.3 is 16.2 Å². The Kier molecular flexibility index (Phi) is 6.03. The number of carbonyl (C=O) groups is 2. The predicted molar refractivity (Wildman–Crippen MR) is 62.0 cm³/mol. The highest BCUT2D eigenvalue weighted by molar-refractivity contribution is 5.89. The van der Waals surface area contributed by atoms with E-state index in [9.17, 15) is 9.59 Å². The lowest BCUT2D eigenvalue weighted by Gasteiger charge is -2.27. The van der Waals surface area contributed by atoms with E-state index in [0.717, 1.165) is 0 Å². The topological polar surface area (TPSA) is 92.4 Å². The minimum Gasteiger partial charge on any atom is -0.480 e. The number of aliphatic carboxylic acids is 1. The first-order valence-corrected chi connectivity index (χ1v) is 5.73. The molecule has 0 heterocycles. The molecular weight excluding hydrogens is 208 g/mol. The summed E-state index contributed by atoms with van der Waals surface area (Å²) in [5.74, 6) is -1.39. The molecule has 94 valence electrons. The number of hydrogen-bond donors (Lipinski definition) is 3. The van der Waals surface area contributed by atoms with Gasteiger partial charge in [0.15, 0.2) is 0 Å². The number of carbonyl (C=O) groups excluding carboxylic acids is 1. The maximum atomic E-state index is 11.8. The predicted octanol–water partition coefficient (Wildman–Crippen LogP) is 0.873. The van der Waals surface area contributed by atoms with E-state index < -0.39 is 17.6 Å². The van der Waals surface area contributed by atoms with Crippen LogP contribution in [0.5, 0.6) is 0 Å². The van der Waals surface area contributed by atoms with Crippen LogP contribution in [-0.2, 0) is 9.59 Å². The van der Waals surface area contributed by atoms with Gasteiger partial charge in [-0.2, -0.15) is 0 Å². The maximum absolute atomic E-state index is 11.8. The first kappa shape index (κ1) is 14.9. The van der Waals surface area contributed by atoms with Crippen LogP contribution in [0.25, 0.3) is 0 Å². The molecule has 0 aromatic carbocycles. The summed E-state index contributed by atoms with van der Waals surface area (Å²) in [7, 11) is 0. The van der Waals surface area contributed by atoms with Gasteiger partial charge in [0.25, 0.3) is 0 Å². The lowest BCUT2D eigenvalue weighted by molar-refractivity contribution is -0.143. The van der Waals surface area contributed by atoms with Gasteiger partial charge in [-0.05, 0) is 19.3 Å².